The monoisotopic (exact) mass is 343 g/mol. The van der Waals surface area contributed by atoms with E-state index in [0.717, 1.165) is 18.7 Å². The largest absolute Gasteiger partial charge is 0.349 e. The summed E-state index contributed by atoms with van der Waals surface area (Å²) in [6.07, 6.45) is 8.47. The number of likely N-dealkylation sites (tertiary alicyclic amines) is 1. The van der Waals surface area contributed by atoms with E-state index in [4.69, 9.17) is 0 Å². The molecule has 2 heterocycles. The van der Waals surface area contributed by atoms with E-state index in [2.05, 4.69) is 35.0 Å². The van der Waals surface area contributed by atoms with Crippen LogP contribution in [0.3, 0.4) is 0 Å². The Kier molecular flexibility index (Phi) is 5.78. The Bertz CT molecular complexity index is 581. The molecule has 1 aromatic heterocycles. The molecule has 4 nitrogen and oxygen atoms in total. The van der Waals surface area contributed by atoms with Gasteiger partial charge in [-0.15, -0.1) is 0 Å². The highest BCUT2D eigenvalue weighted by Crippen LogP contribution is 2.47. The van der Waals surface area contributed by atoms with Gasteiger partial charge in [0.05, 0.1) is 5.69 Å². The minimum Gasteiger partial charge on any atom is -0.349 e. The van der Waals surface area contributed by atoms with Gasteiger partial charge in [0.1, 0.15) is 0 Å². The molecule has 1 amide bonds. The van der Waals surface area contributed by atoms with Gasteiger partial charge in [-0.1, -0.05) is 6.07 Å². The van der Waals surface area contributed by atoms with Crippen molar-refractivity contribution in [3.05, 3.63) is 29.6 Å². The minimum absolute atomic E-state index is 0.293. The second-order valence-corrected chi connectivity index (χ2v) is 8.48. The lowest BCUT2D eigenvalue weighted by Gasteiger charge is -2.46. The van der Waals surface area contributed by atoms with E-state index in [0.29, 0.717) is 17.2 Å². The summed E-state index contributed by atoms with van der Waals surface area (Å²) in [5.74, 6) is 0.900. The summed E-state index contributed by atoms with van der Waals surface area (Å²) in [5.41, 5.74) is 2.85. The quantitative estimate of drug-likeness (QED) is 0.837. The maximum Gasteiger partial charge on any atom is 0.222 e. The SMILES string of the molecule is Cc1cccc(CN2CCC3(CCC(CC(=O)N(C)C)CC3)CC2)n1. The molecule has 138 valence electrons. The second-order valence-electron chi connectivity index (χ2n) is 8.48. The van der Waals surface area contributed by atoms with Crippen molar-refractivity contribution in [2.45, 2.75) is 58.4 Å². The van der Waals surface area contributed by atoms with Gasteiger partial charge in [0, 0.05) is 32.8 Å². The van der Waals surface area contributed by atoms with Crippen LogP contribution in [-0.2, 0) is 11.3 Å². The van der Waals surface area contributed by atoms with Crippen molar-refractivity contribution in [1.29, 1.82) is 0 Å². The number of pyridine rings is 1. The van der Waals surface area contributed by atoms with E-state index in [1.165, 1.54) is 57.3 Å². The molecule has 1 spiro atoms. The zero-order valence-corrected chi connectivity index (χ0v) is 16.1. The Morgan fingerprint density at radius 1 is 1.20 bits per heavy atom. The third kappa shape index (κ3) is 4.81. The summed E-state index contributed by atoms with van der Waals surface area (Å²) in [5, 5.41) is 0. The van der Waals surface area contributed by atoms with Crippen LogP contribution in [0.25, 0.3) is 0 Å². The molecule has 25 heavy (non-hydrogen) atoms. The van der Waals surface area contributed by atoms with Gasteiger partial charge in [0.15, 0.2) is 0 Å². The summed E-state index contributed by atoms with van der Waals surface area (Å²) in [4.78, 5) is 20.9. The first-order chi connectivity index (χ1) is 12.0. The van der Waals surface area contributed by atoms with Crippen molar-refractivity contribution in [1.82, 2.24) is 14.8 Å². The maximum atomic E-state index is 11.9. The minimum atomic E-state index is 0.293. The van der Waals surface area contributed by atoms with Crippen molar-refractivity contribution in [3.63, 3.8) is 0 Å². The number of amides is 1. The molecule has 0 atom stereocenters. The van der Waals surface area contributed by atoms with Crippen LogP contribution >= 0.6 is 0 Å². The Morgan fingerprint density at radius 2 is 1.88 bits per heavy atom. The molecule has 2 aliphatic rings. The van der Waals surface area contributed by atoms with E-state index in [9.17, 15) is 4.79 Å². The number of hydrogen-bond donors (Lipinski definition) is 0. The van der Waals surface area contributed by atoms with Crippen LogP contribution in [0, 0.1) is 18.3 Å². The molecule has 1 aromatic rings. The van der Waals surface area contributed by atoms with Crippen LogP contribution in [0.15, 0.2) is 18.2 Å². The normalized spacial score (nSPS) is 21.4. The first kappa shape index (κ1) is 18.4. The molecule has 0 bridgehead atoms. The summed E-state index contributed by atoms with van der Waals surface area (Å²) in [6, 6.07) is 6.32. The maximum absolute atomic E-state index is 11.9. The van der Waals surface area contributed by atoms with E-state index in [1.54, 1.807) is 4.90 Å². The number of aromatic nitrogens is 1. The standard InChI is InChI=1S/C21H33N3O/c1-17-5-4-6-19(22-17)16-24-13-11-21(12-14-24)9-7-18(8-10-21)15-20(25)23(2)3/h4-6,18H,7-16H2,1-3H3. The van der Waals surface area contributed by atoms with Crippen molar-refractivity contribution < 1.29 is 4.79 Å². The van der Waals surface area contributed by atoms with E-state index < -0.39 is 0 Å². The molecule has 1 saturated heterocycles. The Labute approximate surface area is 152 Å². The molecule has 1 aliphatic heterocycles. The number of carbonyl (C=O) groups is 1. The van der Waals surface area contributed by atoms with Gasteiger partial charge in [-0.05, 0) is 82.0 Å². The van der Waals surface area contributed by atoms with Crippen molar-refractivity contribution in [3.8, 4) is 0 Å². The predicted octanol–water partition coefficient (Wildman–Crippen LogP) is 3.64. The summed E-state index contributed by atoms with van der Waals surface area (Å²) >= 11 is 0. The fraction of sp³-hybridized carbons (Fsp3) is 0.714. The lowest BCUT2D eigenvalue weighted by Crippen LogP contribution is -2.42. The molecular formula is C21H33N3O. The fourth-order valence-corrected chi connectivity index (χ4v) is 4.53. The molecule has 0 unspecified atom stereocenters. The third-order valence-corrected chi connectivity index (χ3v) is 6.38. The lowest BCUT2D eigenvalue weighted by molar-refractivity contribution is -0.130. The first-order valence-electron chi connectivity index (χ1n) is 9.81. The van der Waals surface area contributed by atoms with Gasteiger partial charge in [-0.3, -0.25) is 14.7 Å². The highest BCUT2D eigenvalue weighted by atomic mass is 16.2. The second kappa shape index (κ2) is 7.86. The molecule has 0 aromatic carbocycles. The van der Waals surface area contributed by atoms with Gasteiger partial charge in [-0.25, -0.2) is 0 Å². The van der Waals surface area contributed by atoms with Crippen molar-refractivity contribution in [2.75, 3.05) is 27.2 Å². The van der Waals surface area contributed by atoms with Crippen LogP contribution < -0.4 is 0 Å². The van der Waals surface area contributed by atoms with Gasteiger partial charge < -0.3 is 4.90 Å². The van der Waals surface area contributed by atoms with E-state index in [1.807, 2.05) is 14.1 Å². The molecule has 3 rings (SSSR count). The molecule has 0 N–H and O–H groups in total. The Morgan fingerprint density at radius 3 is 2.48 bits per heavy atom. The van der Waals surface area contributed by atoms with Crippen LogP contribution in [-0.4, -0.2) is 47.9 Å². The average Bonchev–Trinajstić information content (AvgIpc) is 2.59. The van der Waals surface area contributed by atoms with Crippen LogP contribution in [0.2, 0.25) is 0 Å². The molecule has 2 fully saturated rings. The number of rotatable bonds is 4. The summed E-state index contributed by atoms with van der Waals surface area (Å²) in [6.45, 7) is 5.43. The van der Waals surface area contributed by atoms with E-state index in [-0.39, 0.29) is 0 Å². The number of piperidine rings is 1. The average molecular weight is 344 g/mol. The van der Waals surface area contributed by atoms with Gasteiger partial charge in [0.2, 0.25) is 5.91 Å². The molecule has 1 saturated carbocycles. The summed E-state index contributed by atoms with van der Waals surface area (Å²) < 4.78 is 0. The molecule has 0 radical (unpaired) electrons. The smallest absolute Gasteiger partial charge is 0.222 e. The Hall–Kier alpha value is -1.42. The highest BCUT2D eigenvalue weighted by Gasteiger charge is 2.38. The number of aryl methyl sites for hydroxylation is 1. The Balaban J connectivity index is 1.45. The van der Waals surface area contributed by atoms with Crippen LogP contribution in [0.5, 0.6) is 0 Å². The third-order valence-electron chi connectivity index (χ3n) is 6.38. The zero-order valence-electron chi connectivity index (χ0n) is 16.1. The molecular weight excluding hydrogens is 310 g/mol. The van der Waals surface area contributed by atoms with Gasteiger partial charge in [0.25, 0.3) is 0 Å². The van der Waals surface area contributed by atoms with Gasteiger partial charge in [-0.2, -0.15) is 0 Å². The lowest BCUT2D eigenvalue weighted by atomic mass is 9.65. The number of nitrogens with zero attached hydrogens (tertiary/aromatic N) is 3. The van der Waals surface area contributed by atoms with Crippen LogP contribution in [0.4, 0.5) is 0 Å². The van der Waals surface area contributed by atoms with Crippen molar-refractivity contribution >= 4 is 5.91 Å². The topological polar surface area (TPSA) is 36.4 Å². The zero-order chi connectivity index (χ0) is 17.9. The van der Waals surface area contributed by atoms with Crippen molar-refractivity contribution in [2.24, 2.45) is 11.3 Å². The van der Waals surface area contributed by atoms with E-state index >= 15 is 0 Å². The van der Waals surface area contributed by atoms with Crippen LogP contribution in [0.1, 0.15) is 56.3 Å². The fourth-order valence-electron chi connectivity index (χ4n) is 4.53. The molecule has 4 heteroatoms. The number of hydrogen-bond acceptors (Lipinski definition) is 3. The first-order valence-corrected chi connectivity index (χ1v) is 9.81. The van der Waals surface area contributed by atoms with Gasteiger partial charge >= 0.3 is 0 Å². The predicted molar refractivity (Wildman–Crippen MR) is 101 cm³/mol. The number of carbonyl (C=O) groups excluding carboxylic acids is 1. The highest BCUT2D eigenvalue weighted by molar-refractivity contribution is 5.75. The summed E-state index contributed by atoms with van der Waals surface area (Å²) in [7, 11) is 3.73. The molecule has 1 aliphatic carbocycles.